The van der Waals surface area contributed by atoms with Crippen molar-refractivity contribution in [1.82, 2.24) is 15.3 Å². The van der Waals surface area contributed by atoms with E-state index in [1.807, 2.05) is 42.9 Å². The summed E-state index contributed by atoms with van der Waals surface area (Å²) in [6.07, 6.45) is 3.33. The highest BCUT2D eigenvalue weighted by molar-refractivity contribution is 7.95. The number of pyridine rings is 1. The average Bonchev–Trinajstić information content (AvgIpc) is 3.29. The van der Waals surface area contributed by atoms with Gasteiger partial charge in [-0.15, -0.1) is 11.3 Å². The first-order chi connectivity index (χ1) is 14.5. The first-order valence-corrected chi connectivity index (χ1v) is 12.1. The van der Waals surface area contributed by atoms with Gasteiger partial charge in [0.05, 0.1) is 26.1 Å². The van der Waals surface area contributed by atoms with Crippen LogP contribution >= 0.6 is 11.3 Å². The van der Waals surface area contributed by atoms with Crippen molar-refractivity contribution in [3.05, 3.63) is 59.1 Å². The number of hydrogen-bond donors (Lipinski definition) is 2. The molecule has 0 fully saturated rings. The van der Waals surface area contributed by atoms with Crippen LogP contribution in [0.4, 0.5) is 11.4 Å². The molecular weight excluding hydrogens is 416 g/mol. The zero-order valence-electron chi connectivity index (χ0n) is 16.3. The number of allylic oxidation sites excluding steroid dienone is 1. The van der Waals surface area contributed by atoms with Gasteiger partial charge < -0.3 is 10.6 Å². The summed E-state index contributed by atoms with van der Waals surface area (Å²) in [6, 6.07) is 11.5. The van der Waals surface area contributed by atoms with Crippen molar-refractivity contribution in [2.24, 2.45) is 0 Å². The van der Waals surface area contributed by atoms with Gasteiger partial charge in [0, 0.05) is 28.4 Å². The lowest BCUT2D eigenvalue weighted by Crippen LogP contribution is -2.07. The molecule has 152 valence electrons. The van der Waals surface area contributed by atoms with Crippen LogP contribution in [0, 0.1) is 0 Å². The highest BCUT2D eigenvalue weighted by Crippen LogP contribution is 2.40. The normalized spacial score (nSPS) is 14.8. The number of sulfone groups is 1. The molecule has 2 aromatic heterocycles. The molecule has 0 amide bonds. The summed E-state index contributed by atoms with van der Waals surface area (Å²) in [6.45, 7) is 0.843. The maximum atomic E-state index is 12.8. The summed E-state index contributed by atoms with van der Waals surface area (Å²) >= 11 is 1.60. The Bertz CT molecular complexity index is 1410. The fourth-order valence-electron chi connectivity index (χ4n) is 3.82. The van der Waals surface area contributed by atoms with E-state index in [-0.39, 0.29) is 0 Å². The summed E-state index contributed by atoms with van der Waals surface area (Å²) in [5, 5.41) is 8.70. The molecule has 4 aromatic rings. The van der Waals surface area contributed by atoms with Crippen LogP contribution in [-0.2, 0) is 9.84 Å². The molecule has 5 rings (SSSR count). The smallest absolute Gasteiger partial charge is 0.200 e. The minimum atomic E-state index is -3.44. The Labute approximate surface area is 178 Å². The quantitative estimate of drug-likeness (QED) is 0.426. The van der Waals surface area contributed by atoms with Gasteiger partial charge in [-0.1, -0.05) is 0 Å². The molecule has 2 N–H and O–H groups in total. The molecular formula is C22H20N4O2S2. The molecule has 0 saturated carbocycles. The van der Waals surface area contributed by atoms with Crippen LogP contribution in [0.15, 0.2) is 58.4 Å². The summed E-state index contributed by atoms with van der Waals surface area (Å²) < 4.78 is 26.7. The largest absolute Gasteiger partial charge is 0.355 e. The van der Waals surface area contributed by atoms with Crippen molar-refractivity contribution in [2.75, 3.05) is 18.9 Å². The van der Waals surface area contributed by atoms with E-state index in [4.69, 9.17) is 0 Å². The van der Waals surface area contributed by atoms with Gasteiger partial charge >= 0.3 is 0 Å². The fourth-order valence-corrected chi connectivity index (χ4v) is 6.01. The molecule has 0 bridgehead atoms. The van der Waals surface area contributed by atoms with Gasteiger partial charge in [-0.3, -0.25) is 4.98 Å². The van der Waals surface area contributed by atoms with E-state index in [2.05, 4.69) is 20.6 Å². The third-order valence-corrected chi connectivity index (χ3v) is 7.63. The molecule has 8 heteroatoms. The second-order valence-electron chi connectivity index (χ2n) is 7.28. The summed E-state index contributed by atoms with van der Waals surface area (Å²) in [5.74, 6) is 0. The van der Waals surface area contributed by atoms with Gasteiger partial charge in [0.25, 0.3) is 0 Å². The number of hydrogen-bond acceptors (Lipinski definition) is 7. The summed E-state index contributed by atoms with van der Waals surface area (Å²) in [4.78, 5) is 9.22. The van der Waals surface area contributed by atoms with Crippen molar-refractivity contribution in [1.29, 1.82) is 0 Å². The molecule has 3 heterocycles. The van der Waals surface area contributed by atoms with Gasteiger partial charge in [0.1, 0.15) is 0 Å². The molecule has 0 spiro atoms. The highest BCUT2D eigenvalue weighted by atomic mass is 32.2. The SMILES string of the molecule is CNCCCC1=CS(=O)(=O)c2cc3c(Nc4ccc5scnc5c4)ccnc3cc21. The van der Waals surface area contributed by atoms with E-state index in [1.54, 1.807) is 23.6 Å². The highest BCUT2D eigenvalue weighted by Gasteiger charge is 2.27. The minimum absolute atomic E-state index is 0.362. The van der Waals surface area contributed by atoms with Gasteiger partial charge in [-0.25, -0.2) is 13.4 Å². The molecule has 0 unspecified atom stereocenters. The van der Waals surface area contributed by atoms with Gasteiger partial charge in [-0.2, -0.15) is 0 Å². The number of fused-ring (bicyclic) bond motifs is 3. The van der Waals surface area contributed by atoms with Crippen molar-refractivity contribution in [3.63, 3.8) is 0 Å². The van der Waals surface area contributed by atoms with E-state index < -0.39 is 9.84 Å². The van der Waals surface area contributed by atoms with Crippen molar-refractivity contribution < 1.29 is 8.42 Å². The Kier molecular flexibility index (Phi) is 4.77. The number of nitrogens with one attached hydrogen (secondary N) is 2. The zero-order chi connectivity index (χ0) is 20.7. The Balaban J connectivity index is 1.56. The second-order valence-corrected chi connectivity index (χ2v) is 9.93. The zero-order valence-corrected chi connectivity index (χ0v) is 18.0. The second kappa shape index (κ2) is 7.46. The van der Waals surface area contributed by atoms with Gasteiger partial charge in [0.15, 0.2) is 0 Å². The van der Waals surface area contributed by atoms with E-state index in [9.17, 15) is 8.42 Å². The molecule has 0 radical (unpaired) electrons. The Morgan fingerprint density at radius 3 is 2.83 bits per heavy atom. The van der Waals surface area contributed by atoms with Crippen molar-refractivity contribution in [3.8, 4) is 0 Å². The van der Waals surface area contributed by atoms with E-state index in [0.29, 0.717) is 11.3 Å². The van der Waals surface area contributed by atoms with Crippen LogP contribution < -0.4 is 10.6 Å². The molecule has 1 aliphatic heterocycles. The molecule has 1 aliphatic rings. The summed E-state index contributed by atoms with van der Waals surface area (Å²) in [7, 11) is -1.55. The Hall–Kier alpha value is -2.81. The van der Waals surface area contributed by atoms with Crippen LogP contribution in [0.2, 0.25) is 0 Å². The maximum absolute atomic E-state index is 12.8. The van der Waals surface area contributed by atoms with Crippen LogP contribution in [0.1, 0.15) is 18.4 Å². The standard InChI is InChI=1S/C22H20N4O2S2/c1-23-7-2-3-14-12-30(27,28)22-11-17-18(6-8-24-19(17)10-16(14)22)26-15-4-5-21-20(9-15)25-13-29-21/h4-6,8-13,23H,2-3,7H2,1H3,(H,24,26). The molecule has 30 heavy (non-hydrogen) atoms. The molecule has 0 saturated heterocycles. The van der Waals surface area contributed by atoms with Crippen molar-refractivity contribution >= 4 is 59.2 Å². The molecule has 2 aromatic carbocycles. The van der Waals surface area contributed by atoms with Crippen LogP contribution in [0.3, 0.4) is 0 Å². The Morgan fingerprint density at radius 1 is 1.07 bits per heavy atom. The number of rotatable bonds is 6. The van der Waals surface area contributed by atoms with Crippen LogP contribution in [0.5, 0.6) is 0 Å². The minimum Gasteiger partial charge on any atom is -0.355 e. The number of anilines is 2. The number of thiazole rings is 1. The predicted molar refractivity (Wildman–Crippen MR) is 123 cm³/mol. The van der Waals surface area contributed by atoms with Gasteiger partial charge in [-0.05, 0) is 74.0 Å². The first-order valence-electron chi connectivity index (χ1n) is 9.69. The lowest BCUT2D eigenvalue weighted by Gasteiger charge is -2.12. The van der Waals surface area contributed by atoms with Crippen LogP contribution in [-0.4, -0.2) is 32.0 Å². The summed E-state index contributed by atoms with van der Waals surface area (Å²) in [5.41, 5.74) is 6.87. The molecule has 0 atom stereocenters. The van der Waals surface area contributed by atoms with Gasteiger partial charge in [0.2, 0.25) is 9.84 Å². The third-order valence-electron chi connectivity index (χ3n) is 5.28. The number of aromatic nitrogens is 2. The lowest BCUT2D eigenvalue weighted by atomic mass is 10.0. The monoisotopic (exact) mass is 436 g/mol. The number of nitrogens with zero attached hydrogens (tertiary/aromatic N) is 2. The van der Waals surface area contributed by atoms with E-state index in [0.717, 1.165) is 56.6 Å². The van der Waals surface area contributed by atoms with Crippen LogP contribution in [0.25, 0.3) is 26.7 Å². The van der Waals surface area contributed by atoms with E-state index in [1.165, 1.54) is 5.41 Å². The molecule has 6 nitrogen and oxygen atoms in total. The topological polar surface area (TPSA) is 84.0 Å². The Morgan fingerprint density at radius 2 is 1.97 bits per heavy atom. The lowest BCUT2D eigenvalue weighted by molar-refractivity contribution is 0.605. The third kappa shape index (κ3) is 3.36. The van der Waals surface area contributed by atoms with E-state index >= 15 is 0 Å². The first kappa shape index (κ1) is 19.2. The molecule has 0 aliphatic carbocycles. The number of benzene rings is 2. The average molecular weight is 437 g/mol. The fraction of sp³-hybridized carbons (Fsp3) is 0.182. The predicted octanol–water partition coefficient (Wildman–Crippen LogP) is 4.72. The maximum Gasteiger partial charge on any atom is 0.200 e. The van der Waals surface area contributed by atoms with Crippen molar-refractivity contribution in [2.45, 2.75) is 17.7 Å².